The van der Waals surface area contributed by atoms with E-state index in [-0.39, 0.29) is 21.9 Å². The largest absolute Gasteiger partial charge is 0.487 e. The van der Waals surface area contributed by atoms with Gasteiger partial charge in [0, 0.05) is 10.6 Å². The van der Waals surface area contributed by atoms with Crippen LogP contribution in [0.3, 0.4) is 0 Å². The Labute approximate surface area is 156 Å². The molecule has 2 aromatic rings. The van der Waals surface area contributed by atoms with Crippen LogP contribution in [-0.4, -0.2) is 35.8 Å². The molecular weight excluding hydrogens is 384 g/mol. The number of ether oxygens (including phenoxy) is 1. The second kappa shape index (κ2) is 8.05. The van der Waals surface area contributed by atoms with E-state index < -0.39 is 24.9 Å². The third-order valence-electron chi connectivity index (χ3n) is 3.76. The van der Waals surface area contributed by atoms with E-state index in [1.165, 1.54) is 23.5 Å². The molecule has 0 atom stereocenters. The number of fused-ring (bicyclic) bond motifs is 1. The molecule has 0 fully saturated rings. The molecule has 0 saturated carbocycles. The van der Waals surface area contributed by atoms with Gasteiger partial charge in [0.1, 0.15) is 17.4 Å². The number of halogens is 2. The highest BCUT2D eigenvalue weighted by Gasteiger charge is 2.27. The lowest BCUT2D eigenvalue weighted by Gasteiger charge is -2.11. The van der Waals surface area contributed by atoms with E-state index in [0.717, 1.165) is 16.2 Å². The number of carboxylic acids is 1. The molecule has 0 saturated heterocycles. The summed E-state index contributed by atoms with van der Waals surface area (Å²) in [5.74, 6) is -0.110. The predicted molar refractivity (Wildman–Crippen MR) is 97.0 cm³/mol. The van der Waals surface area contributed by atoms with Gasteiger partial charge >= 0.3 is 5.97 Å². The zero-order valence-electron chi connectivity index (χ0n) is 13.5. The van der Waals surface area contributed by atoms with Crippen molar-refractivity contribution in [3.05, 3.63) is 45.8 Å². The minimum absolute atomic E-state index is 0.0269. The molecule has 1 aromatic heterocycles. The molecule has 2 heterocycles. The third kappa shape index (κ3) is 3.99. The van der Waals surface area contributed by atoms with Gasteiger partial charge < -0.3 is 15.2 Å². The summed E-state index contributed by atoms with van der Waals surface area (Å²) in [7, 11) is 0. The van der Waals surface area contributed by atoms with Crippen LogP contribution in [0.25, 0.3) is 0 Å². The molecule has 0 unspecified atom stereocenters. The van der Waals surface area contributed by atoms with E-state index in [1.807, 2.05) is 0 Å². The molecular formula is C17H15F2NO4S2. The van der Waals surface area contributed by atoms with Crippen LogP contribution < -0.4 is 10.1 Å². The minimum Gasteiger partial charge on any atom is -0.487 e. The quantitative estimate of drug-likeness (QED) is 0.764. The minimum atomic E-state index is -2.66. The average Bonchev–Trinajstić information content (AvgIpc) is 2.98. The van der Waals surface area contributed by atoms with Crippen LogP contribution >= 0.6 is 23.1 Å². The Morgan fingerprint density at radius 1 is 1.31 bits per heavy atom. The number of anilines is 1. The summed E-state index contributed by atoms with van der Waals surface area (Å²) >= 11 is 2.96. The summed E-state index contributed by atoms with van der Waals surface area (Å²) in [4.78, 5) is 25.2. The number of nitrogens with one attached hydrogen (secondary N) is 1. The Morgan fingerprint density at radius 3 is 2.81 bits per heavy atom. The maximum absolute atomic E-state index is 12.6. The smallest absolute Gasteiger partial charge is 0.339 e. The highest BCUT2D eigenvalue weighted by Crippen LogP contribution is 2.39. The maximum atomic E-state index is 12.6. The summed E-state index contributed by atoms with van der Waals surface area (Å²) < 4.78 is 29.8. The SMILES string of the molecule is O=C(Nc1sc2c(c1C(=O)O)CCSC2)c1ccccc1OCC(F)F. The van der Waals surface area contributed by atoms with Crippen molar-refractivity contribution < 1.29 is 28.2 Å². The molecule has 0 bridgehead atoms. The number of hydrogen-bond acceptors (Lipinski definition) is 5. The fourth-order valence-corrected chi connectivity index (χ4v) is 5.02. The number of aromatic carboxylic acids is 1. The third-order valence-corrected chi connectivity index (χ3v) is 6.07. The van der Waals surface area contributed by atoms with E-state index >= 15 is 0 Å². The number of thioether (sulfide) groups is 1. The number of alkyl halides is 2. The summed E-state index contributed by atoms with van der Waals surface area (Å²) in [5, 5.41) is 12.4. The molecule has 1 amide bonds. The Bertz CT molecular complexity index is 838. The summed E-state index contributed by atoms with van der Waals surface area (Å²) in [6.07, 6.45) is -2.02. The fourth-order valence-electron chi connectivity index (χ4n) is 2.65. The zero-order chi connectivity index (χ0) is 18.7. The van der Waals surface area contributed by atoms with Crippen LogP contribution in [0, 0.1) is 0 Å². The van der Waals surface area contributed by atoms with Crippen LogP contribution in [0.2, 0.25) is 0 Å². The molecule has 0 aliphatic carbocycles. The van der Waals surface area contributed by atoms with E-state index in [2.05, 4.69) is 5.32 Å². The summed E-state index contributed by atoms with van der Waals surface area (Å²) in [5.41, 5.74) is 0.952. The number of rotatable bonds is 6. The molecule has 3 rings (SSSR count). The first-order valence-electron chi connectivity index (χ1n) is 7.74. The van der Waals surface area contributed by atoms with Crippen molar-refractivity contribution in [2.24, 2.45) is 0 Å². The Kier molecular flexibility index (Phi) is 5.77. The lowest BCUT2D eigenvalue weighted by Crippen LogP contribution is -2.16. The number of amides is 1. The second-order valence-corrected chi connectivity index (χ2v) is 7.68. The highest BCUT2D eigenvalue weighted by atomic mass is 32.2. The van der Waals surface area contributed by atoms with E-state index in [1.54, 1.807) is 23.9 Å². The molecule has 0 spiro atoms. The van der Waals surface area contributed by atoms with Crippen LogP contribution in [0.1, 0.15) is 31.2 Å². The van der Waals surface area contributed by atoms with E-state index in [0.29, 0.717) is 12.2 Å². The monoisotopic (exact) mass is 399 g/mol. The number of benzene rings is 1. The van der Waals surface area contributed by atoms with Gasteiger partial charge in [-0.25, -0.2) is 13.6 Å². The lowest BCUT2D eigenvalue weighted by molar-refractivity contribution is 0.0697. The van der Waals surface area contributed by atoms with Crippen molar-refractivity contribution in [3.8, 4) is 5.75 Å². The molecule has 9 heteroatoms. The molecule has 1 aliphatic rings. The maximum Gasteiger partial charge on any atom is 0.339 e. The average molecular weight is 399 g/mol. The zero-order valence-corrected chi connectivity index (χ0v) is 15.1. The first kappa shape index (κ1) is 18.7. The lowest BCUT2D eigenvalue weighted by atomic mass is 10.1. The van der Waals surface area contributed by atoms with Crippen molar-refractivity contribution in [1.82, 2.24) is 0 Å². The molecule has 1 aromatic carbocycles. The van der Waals surface area contributed by atoms with Crippen LogP contribution in [0.4, 0.5) is 13.8 Å². The van der Waals surface area contributed by atoms with E-state index in [4.69, 9.17) is 4.74 Å². The van der Waals surface area contributed by atoms with Crippen molar-refractivity contribution >= 4 is 40.0 Å². The van der Waals surface area contributed by atoms with Crippen LogP contribution in [0.5, 0.6) is 5.75 Å². The van der Waals surface area contributed by atoms with Gasteiger partial charge in [-0.2, -0.15) is 11.8 Å². The van der Waals surface area contributed by atoms with Crippen molar-refractivity contribution in [1.29, 1.82) is 0 Å². The number of hydrogen-bond donors (Lipinski definition) is 2. The van der Waals surface area contributed by atoms with Gasteiger partial charge in [0.05, 0.1) is 11.1 Å². The van der Waals surface area contributed by atoms with Gasteiger partial charge in [-0.15, -0.1) is 11.3 Å². The standard InChI is InChI=1S/C17H15F2NO4S2/c18-13(19)7-24-11-4-2-1-3-9(11)15(21)20-16-14(17(22)23)10-5-6-25-8-12(10)26-16/h1-4,13H,5-8H2,(H,20,21)(H,22,23). The molecule has 0 radical (unpaired) electrons. The Morgan fingerprint density at radius 2 is 2.08 bits per heavy atom. The van der Waals surface area contributed by atoms with Crippen molar-refractivity contribution in [2.75, 3.05) is 17.7 Å². The first-order chi connectivity index (χ1) is 12.5. The number of thiophene rings is 1. The topological polar surface area (TPSA) is 75.6 Å². The number of carbonyl (C=O) groups is 2. The fraction of sp³-hybridized carbons (Fsp3) is 0.294. The van der Waals surface area contributed by atoms with Gasteiger partial charge in [-0.1, -0.05) is 12.1 Å². The molecule has 26 heavy (non-hydrogen) atoms. The number of carbonyl (C=O) groups excluding carboxylic acids is 1. The molecule has 138 valence electrons. The predicted octanol–water partition coefficient (Wildman–Crippen LogP) is 4.13. The first-order valence-corrected chi connectivity index (χ1v) is 9.71. The second-order valence-electron chi connectivity index (χ2n) is 5.47. The van der Waals surface area contributed by atoms with Gasteiger partial charge in [-0.05, 0) is 29.9 Å². The normalized spacial score (nSPS) is 13.3. The van der Waals surface area contributed by atoms with Gasteiger partial charge in [-0.3, -0.25) is 4.79 Å². The molecule has 5 nitrogen and oxygen atoms in total. The van der Waals surface area contributed by atoms with Gasteiger partial charge in [0.25, 0.3) is 12.3 Å². The van der Waals surface area contributed by atoms with E-state index in [9.17, 15) is 23.5 Å². The number of carboxylic acid groups (broad SMARTS) is 1. The van der Waals surface area contributed by atoms with Crippen LogP contribution in [-0.2, 0) is 12.2 Å². The Hall–Kier alpha value is -2.13. The number of para-hydroxylation sites is 1. The van der Waals surface area contributed by atoms with Crippen molar-refractivity contribution in [3.63, 3.8) is 0 Å². The van der Waals surface area contributed by atoms with Gasteiger partial charge in [0.2, 0.25) is 0 Å². The summed E-state index contributed by atoms with van der Waals surface area (Å²) in [6, 6.07) is 6.02. The molecule has 1 aliphatic heterocycles. The molecule has 2 N–H and O–H groups in total. The van der Waals surface area contributed by atoms with Gasteiger partial charge in [0.15, 0.2) is 0 Å². The summed E-state index contributed by atoms with van der Waals surface area (Å²) in [6.45, 7) is -0.824. The van der Waals surface area contributed by atoms with Crippen molar-refractivity contribution in [2.45, 2.75) is 18.6 Å². The highest BCUT2D eigenvalue weighted by molar-refractivity contribution is 7.98. The van der Waals surface area contributed by atoms with Crippen LogP contribution in [0.15, 0.2) is 24.3 Å². The Balaban J connectivity index is 1.87.